The second-order valence-corrected chi connectivity index (χ2v) is 8.75. The van der Waals surface area contributed by atoms with Crippen molar-refractivity contribution in [3.05, 3.63) is 48.3 Å². The number of benzene rings is 1. The lowest BCUT2D eigenvalue weighted by Gasteiger charge is -2.34. The molecule has 10 heteroatoms. The van der Waals surface area contributed by atoms with Crippen LogP contribution in [0.2, 0.25) is 0 Å². The summed E-state index contributed by atoms with van der Waals surface area (Å²) in [7, 11) is 0. The Balaban J connectivity index is 1.12. The maximum Gasteiger partial charge on any atom is 0.319 e. The first-order chi connectivity index (χ1) is 17.2. The van der Waals surface area contributed by atoms with Crippen LogP contribution in [0.4, 0.5) is 16.4 Å². The van der Waals surface area contributed by atoms with E-state index in [1.54, 1.807) is 18.5 Å². The standard InChI is InChI=1S/C25H34N6O4/c32-23(30-12-14-31(15-13-30)24-26-9-4-10-27-24)8-11-28-25(33)29-21-6-3-5-20(17-21)18-34-19-22-7-1-2-16-35-22/h3-6,9-10,17,22H,1-2,7-8,11-16,18-19H2,(H2,28,29,33). The SMILES string of the molecule is O=C(NCCC(=O)N1CCN(c2ncccn2)CC1)Nc1cccc(COCC2CCCCO2)c1. The van der Waals surface area contributed by atoms with E-state index in [2.05, 4.69) is 25.5 Å². The Morgan fingerprint density at radius 2 is 1.91 bits per heavy atom. The lowest BCUT2D eigenvalue weighted by Crippen LogP contribution is -2.49. The quantitative estimate of drug-likeness (QED) is 0.565. The molecular weight excluding hydrogens is 448 g/mol. The average molecular weight is 483 g/mol. The zero-order valence-corrected chi connectivity index (χ0v) is 20.0. The van der Waals surface area contributed by atoms with Crippen molar-refractivity contribution in [2.24, 2.45) is 0 Å². The number of carbonyl (C=O) groups excluding carboxylic acids is 2. The predicted octanol–water partition coefficient (Wildman–Crippen LogP) is 2.42. The fourth-order valence-corrected chi connectivity index (χ4v) is 4.21. The highest BCUT2D eigenvalue weighted by atomic mass is 16.5. The Labute approximate surface area is 206 Å². The van der Waals surface area contributed by atoms with Gasteiger partial charge in [-0.2, -0.15) is 0 Å². The second-order valence-electron chi connectivity index (χ2n) is 8.75. The number of nitrogens with zero attached hydrogens (tertiary/aromatic N) is 4. The summed E-state index contributed by atoms with van der Waals surface area (Å²) in [4.78, 5) is 37.2. The fraction of sp³-hybridized carbons (Fsp3) is 0.520. The topological polar surface area (TPSA) is 109 Å². The highest BCUT2D eigenvalue weighted by Crippen LogP contribution is 2.15. The lowest BCUT2D eigenvalue weighted by molar-refractivity contribution is -0.131. The molecule has 2 aliphatic rings. The molecule has 2 aromatic rings. The average Bonchev–Trinajstić information content (AvgIpc) is 2.90. The van der Waals surface area contributed by atoms with E-state index in [1.165, 1.54) is 6.42 Å². The van der Waals surface area contributed by atoms with Crippen LogP contribution in [0, 0.1) is 0 Å². The molecule has 1 atom stereocenters. The van der Waals surface area contributed by atoms with Crippen LogP contribution in [0.3, 0.4) is 0 Å². The number of amides is 3. The van der Waals surface area contributed by atoms with Gasteiger partial charge in [0, 0.05) is 63.8 Å². The molecule has 0 saturated carbocycles. The molecule has 4 rings (SSSR count). The van der Waals surface area contributed by atoms with Crippen molar-refractivity contribution < 1.29 is 19.1 Å². The van der Waals surface area contributed by atoms with Gasteiger partial charge in [-0.15, -0.1) is 0 Å². The molecule has 35 heavy (non-hydrogen) atoms. The maximum absolute atomic E-state index is 12.5. The van der Waals surface area contributed by atoms with E-state index < -0.39 is 0 Å². The van der Waals surface area contributed by atoms with Gasteiger partial charge in [0.05, 0.1) is 19.3 Å². The van der Waals surface area contributed by atoms with Crippen molar-refractivity contribution in [2.75, 3.05) is 56.2 Å². The molecule has 0 spiro atoms. The van der Waals surface area contributed by atoms with Crippen LogP contribution in [0.1, 0.15) is 31.2 Å². The van der Waals surface area contributed by atoms with Gasteiger partial charge in [-0.05, 0) is 43.0 Å². The van der Waals surface area contributed by atoms with E-state index in [1.807, 2.05) is 29.2 Å². The van der Waals surface area contributed by atoms with E-state index >= 15 is 0 Å². The van der Waals surface area contributed by atoms with Crippen molar-refractivity contribution in [1.82, 2.24) is 20.2 Å². The Kier molecular flexibility index (Phi) is 9.24. The monoisotopic (exact) mass is 482 g/mol. The summed E-state index contributed by atoms with van der Waals surface area (Å²) in [6.07, 6.45) is 7.23. The van der Waals surface area contributed by atoms with Crippen LogP contribution < -0.4 is 15.5 Å². The van der Waals surface area contributed by atoms with E-state index in [0.717, 1.165) is 25.0 Å². The summed E-state index contributed by atoms with van der Waals surface area (Å²) in [5, 5.41) is 5.59. The van der Waals surface area contributed by atoms with Gasteiger partial charge in [0.2, 0.25) is 11.9 Å². The minimum atomic E-state index is -0.336. The molecule has 1 unspecified atom stereocenters. The van der Waals surface area contributed by atoms with Gasteiger partial charge in [0.1, 0.15) is 0 Å². The van der Waals surface area contributed by atoms with Gasteiger partial charge in [-0.1, -0.05) is 12.1 Å². The Morgan fingerprint density at radius 1 is 1.09 bits per heavy atom. The summed E-state index contributed by atoms with van der Waals surface area (Å²) in [5.41, 5.74) is 1.66. The molecule has 0 bridgehead atoms. The van der Waals surface area contributed by atoms with Gasteiger partial charge in [0.15, 0.2) is 0 Å². The number of hydrogen-bond donors (Lipinski definition) is 2. The van der Waals surface area contributed by atoms with E-state index in [0.29, 0.717) is 51.0 Å². The molecule has 2 fully saturated rings. The van der Waals surface area contributed by atoms with Crippen LogP contribution in [-0.4, -0.2) is 78.8 Å². The summed E-state index contributed by atoms with van der Waals surface area (Å²) >= 11 is 0. The van der Waals surface area contributed by atoms with Crippen molar-refractivity contribution in [3.63, 3.8) is 0 Å². The first-order valence-corrected chi connectivity index (χ1v) is 12.3. The molecule has 2 N–H and O–H groups in total. The number of urea groups is 1. The Bertz CT molecular complexity index is 946. The molecule has 0 aliphatic carbocycles. The van der Waals surface area contributed by atoms with Crippen molar-refractivity contribution >= 4 is 23.6 Å². The largest absolute Gasteiger partial charge is 0.376 e. The van der Waals surface area contributed by atoms with Crippen LogP contribution in [0.5, 0.6) is 0 Å². The number of nitrogens with one attached hydrogen (secondary N) is 2. The van der Waals surface area contributed by atoms with Crippen LogP contribution in [-0.2, 0) is 20.9 Å². The van der Waals surface area contributed by atoms with Crippen molar-refractivity contribution in [1.29, 1.82) is 0 Å². The smallest absolute Gasteiger partial charge is 0.319 e. The minimum Gasteiger partial charge on any atom is -0.376 e. The second kappa shape index (κ2) is 13.0. The molecule has 1 aromatic heterocycles. The third-order valence-electron chi connectivity index (χ3n) is 6.12. The predicted molar refractivity (Wildman–Crippen MR) is 132 cm³/mol. The van der Waals surface area contributed by atoms with Gasteiger partial charge in [-0.3, -0.25) is 4.79 Å². The van der Waals surface area contributed by atoms with E-state index in [9.17, 15) is 9.59 Å². The van der Waals surface area contributed by atoms with Gasteiger partial charge < -0.3 is 29.9 Å². The van der Waals surface area contributed by atoms with Crippen LogP contribution in [0.15, 0.2) is 42.7 Å². The molecule has 2 saturated heterocycles. The van der Waals surface area contributed by atoms with Crippen LogP contribution in [0.25, 0.3) is 0 Å². The molecule has 2 aliphatic heterocycles. The first kappa shape index (κ1) is 24.9. The third-order valence-corrected chi connectivity index (χ3v) is 6.12. The summed E-state index contributed by atoms with van der Waals surface area (Å²) in [5.74, 6) is 0.715. The molecule has 10 nitrogen and oxygen atoms in total. The minimum absolute atomic E-state index is 0.0278. The highest BCUT2D eigenvalue weighted by molar-refractivity contribution is 5.89. The number of carbonyl (C=O) groups is 2. The molecule has 0 radical (unpaired) electrons. The third kappa shape index (κ3) is 7.90. The van der Waals surface area contributed by atoms with E-state index in [-0.39, 0.29) is 31.0 Å². The first-order valence-electron chi connectivity index (χ1n) is 12.3. The zero-order valence-electron chi connectivity index (χ0n) is 20.0. The summed E-state index contributed by atoms with van der Waals surface area (Å²) in [6, 6.07) is 9.02. The number of piperazine rings is 1. The fourth-order valence-electron chi connectivity index (χ4n) is 4.21. The van der Waals surface area contributed by atoms with Gasteiger partial charge in [0.25, 0.3) is 0 Å². The Hall–Kier alpha value is -3.24. The van der Waals surface area contributed by atoms with Crippen LogP contribution >= 0.6 is 0 Å². The molecule has 3 amide bonds. The normalized spacial score (nSPS) is 18.2. The molecule has 1 aromatic carbocycles. The maximum atomic E-state index is 12.5. The summed E-state index contributed by atoms with van der Waals surface area (Å²) < 4.78 is 11.5. The number of ether oxygens (including phenoxy) is 2. The summed E-state index contributed by atoms with van der Waals surface area (Å²) in [6.45, 7) is 4.76. The van der Waals surface area contributed by atoms with Crippen molar-refractivity contribution in [2.45, 2.75) is 38.4 Å². The highest BCUT2D eigenvalue weighted by Gasteiger charge is 2.22. The molecular formula is C25H34N6O4. The zero-order chi connectivity index (χ0) is 24.3. The molecule has 3 heterocycles. The number of hydrogen-bond acceptors (Lipinski definition) is 7. The molecule has 188 valence electrons. The number of anilines is 2. The lowest BCUT2D eigenvalue weighted by atomic mass is 10.1. The van der Waals surface area contributed by atoms with Gasteiger partial charge >= 0.3 is 6.03 Å². The number of rotatable bonds is 9. The van der Waals surface area contributed by atoms with Crippen molar-refractivity contribution in [3.8, 4) is 0 Å². The van der Waals surface area contributed by atoms with Gasteiger partial charge in [-0.25, -0.2) is 14.8 Å². The number of aromatic nitrogens is 2. The van der Waals surface area contributed by atoms with E-state index in [4.69, 9.17) is 9.47 Å². The Morgan fingerprint density at radius 3 is 2.69 bits per heavy atom.